The molecule has 3 atom stereocenters. The van der Waals surface area contributed by atoms with E-state index in [2.05, 4.69) is 12.0 Å². The summed E-state index contributed by atoms with van der Waals surface area (Å²) in [6, 6.07) is 2.20. The van der Waals surface area contributed by atoms with Crippen LogP contribution in [0, 0.1) is 19.3 Å². The van der Waals surface area contributed by atoms with Gasteiger partial charge < -0.3 is 14.5 Å². The molecule has 4 heterocycles. The van der Waals surface area contributed by atoms with Gasteiger partial charge in [0, 0.05) is 30.9 Å². The molecule has 1 aromatic heterocycles. The minimum atomic E-state index is -0.426. The van der Waals surface area contributed by atoms with Gasteiger partial charge in [0.1, 0.15) is 6.54 Å². The van der Waals surface area contributed by atoms with Gasteiger partial charge in [0.15, 0.2) is 0 Å². The van der Waals surface area contributed by atoms with Crippen molar-refractivity contribution in [3.05, 3.63) is 17.5 Å². The maximum Gasteiger partial charge on any atom is 0.244 e. The molecule has 4 rings (SSSR count). The topological polar surface area (TPSA) is 67.7 Å². The van der Waals surface area contributed by atoms with Gasteiger partial charge in [-0.05, 0) is 45.6 Å². The fourth-order valence-electron chi connectivity index (χ4n) is 5.45. The Morgan fingerprint density at radius 1 is 1.26 bits per heavy atom. The number of carbonyl (C=O) groups is 2. The summed E-state index contributed by atoms with van der Waals surface area (Å²) >= 11 is 0. The third-order valence-corrected chi connectivity index (χ3v) is 6.77. The van der Waals surface area contributed by atoms with E-state index in [1.165, 1.54) is 0 Å². The van der Waals surface area contributed by atoms with Crippen LogP contribution in [0.3, 0.4) is 0 Å². The van der Waals surface area contributed by atoms with Crippen molar-refractivity contribution in [2.24, 2.45) is 5.41 Å². The lowest BCUT2D eigenvalue weighted by atomic mass is 9.70. The van der Waals surface area contributed by atoms with Gasteiger partial charge in [-0.2, -0.15) is 5.10 Å². The summed E-state index contributed by atoms with van der Waals surface area (Å²) < 4.78 is 7.20. The molecule has 3 aliphatic rings. The van der Waals surface area contributed by atoms with Crippen LogP contribution in [-0.2, 0) is 20.9 Å². The summed E-state index contributed by atoms with van der Waals surface area (Å²) in [6.07, 6.45) is 3.52. The molecule has 0 aliphatic carbocycles. The first-order valence-electron chi connectivity index (χ1n) is 10.2. The second kappa shape index (κ2) is 6.93. The number of carbonyl (C=O) groups excluding carboxylic acids is 2. The van der Waals surface area contributed by atoms with Crippen LogP contribution in [0.15, 0.2) is 6.07 Å². The molecule has 27 heavy (non-hydrogen) atoms. The lowest BCUT2D eigenvalue weighted by molar-refractivity contribution is -0.149. The maximum absolute atomic E-state index is 13.4. The fourth-order valence-corrected chi connectivity index (χ4v) is 5.45. The highest BCUT2D eigenvalue weighted by Crippen LogP contribution is 2.52. The molecule has 3 saturated heterocycles. The molecule has 2 amide bonds. The lowest BCUT2D eigenvalue weighted by Crippen LogP contribution is -2.54. The lowest BCUT2D eigenvalue weighted by Gasteiger charge is -2.40. The van der Waals surface area contributed by atoms with Crippen molar-refractivity contribution in [1.29, 1.82) is 0 Å². The number of rotatable bonds is 4. The summed E-state index contributed by atoms with van der Waals surface area (Å²) in [5, 5.41) is 4.44. The van der Waals surface area contributed by atoms with E-state index < -0.39 is 5.41 Å². The molecular formula is C20H30N4O3. The number of ether oxygens (including phenoxy) is 1. The average molecular weight is 374 g/mol. The molecule has 148 valence electrons. The highest BCUT2D eigenvalue weighted by atomic mass is 16.5. The number of amides is 2. The zero-order chi connectivity index (χ0) is 19.2. The first-order valence-corrected chi connectivity index (χ1v) is 10.2. The largest absolute Gasteiger partial charge is 0.378 e. The van der Waals surface area contributed by atoms with Crippen LogP contribution in [0.25, 0.3) is 0 Å². The molecular weight excluding hydrogens is 344 g/mol. The predicted molar refractivity (Wildman–Crippen MR) is 100 cm³/mol. The van der Waals surface area contributed by atoms with Gasteiger partial charge in [-0.1, -0.05) is 6.92 Å². The molecule has 3 fully saturated rings. The number of morpholine rings is 1. The number of aryl methyl sites for hydroxylation is 2. The third-order valence-electron chi connectivity index (χ3n) is 6.77. The summed E-state index contributed by atoms with van der Waals surface area (Å²) in [7, 11) is 0. The zero-order valence-corrected chi connectivity index (χ0v) is 16.6. The number of hydrogen-bond acceptors (Lipinski definition) is 4. The summed E-state index contributed by atoms with van der Waals surface area (Å²) in [5.41, 5.74) is 1.50. The minimum Gasteiger partial charge on any atom is -0.378 e. The van der Waals surface area contributed by atoms with E-state index in [4.69, 9.17) is 4.74 Å². The normalized spacial score (nSPS) is 30.2. The Balaban J connectivity index is 1.55. The minimum absolute atomic E-state index is 0.0207. The van der Waals surface area contributed by atoms with Crippen LogP contribution in [0.2, 0.25) is 0 Å². The predicted octanol–water partition coefficient (Wildman–Crippen LogP) is 1.52. The SMILES string of the molecule is CC[C@@]1(C(=O)N2CCOCC2)C[C@@H]2CC[C@H]1N2C(=O)Cn1nc(C)cc1C. The molecule has 2 bridgehead atoms. The molecule has 0 saturated carbocycles. The highest BCUT2D eigenvalue weighted by Gasteiger charge is 2.61. The van der Waals surface area contributed by atoms with Crippen molar-refractivity contribution in [3.8, 4) is 0 Å². The van der Waals surface area contributed by atoms with Gasteiger partial charge >= 0.3 is 0 Å². The van der Waals surface area contributed by atoms with Crippen LogP contribution in [0.1, 0.15) is 44.0 Å². The third kappa shape index (κ3) is 2.96. The molecule has 3 aliphatic heterocycles. The van der Waals surface area contributed by atoms with E-state index in [0.717, 1.165) is 37.1 Å². The average Bonchev–Trinajstić information content (AvgIpc) is 3.33. The van der Waals surface area contributed by atoms with Crippen LogP contribution in [0.4, 0.5) is 0 Å². The molecule has 0 N–H and O–H groups in total. The number of aromatic nitrogens is 2. The standard InChI is InChI=1S/C20H30N4O3/c1-4-20(19(26)22-7-9-27-10-8-22)12-16-5-6-17(20)24(16)18(25)13-23-15(3)11-14(2)21-23/h11,16-17H,4-10,12-13H2,1-3H3/t16-,17+,20+/m0/s1. The quantitative estimate of drug-likeness (QED) is 0.801. The van der Waals surface area contributed by atoms with Crippen molar-refractivity contribution in [3.63, 3.8) is 0 Å². The Morgan fingerprint density at radius 2 is 2.00 bits per heavy atom. The van der Waals surface area contributed by atoms with Crippen LogP contribution in [0.5, 0.6) is 0 Å². The maximum atomic E-state index is 13.4. The van der Waals surface area contributed by atoms with Crippen molar-refractivity contribution < 1.29 is 14.3 Å². The molecule has 7 nitrogen and oxygen atoms in total. The van der Waals surface area contributed by atoms with Crippen LogP contribution in [-0.4, -0.2) is 69.8 Å². The Morgan fingerprint density at radius 3 is 2.63 bits per heavy atom. The van der Waals surface area contributed by atoms with Gasteiger partial charge in [0.05, 0.1) is 24.3 Å². The molecule has 0 aromatic carbocycles. The van der Waals surface area contributed by atoms with Gasteiger partial charge in [0.25, 0.3) is 0 Å². The number of hydrogen-bond donors (Lipinski definition) is 0. The fraction of sp³-hybridized carbons (Fsp3) is 0.750. The van der Waals surface area contributed by atoms with Gasteiger partial charge in [0.2, 0.25) is 11.8 Å². The molecule has 0 radical (unpaired) electrons. The van der Waals surface area contributed by atoms with E-state index in [1.807, 2.05) is 29.7 Å². The zero-order valence-electron chi connectivity index (χ0n) is 16.6. The second-order valence-electron chi connectivity index (χ2n) is 8.25. The van der Waals surface area contributed by atoms with Gasteiger partial charge in [-0.3, -0.25) is 14.3 Å². The Bertz CT molecular complexity index is 740. The molecule has 1 aromatic rings. The van der Waals surface area contributed by atoms with Gasteiger partial charge in [-0.15, -0.1) is 0 Å². The first-order chi connectivity index (χ1) is 13.0. The highest BCUT2D eigenvalue weighted by molar-refractivity contribution is 5.87. The van der Waals surface area contributed by atoms with Crippen molar-refractivity contribution in [1.82, 2.24) is 19.6 Å². The number of fused-ring (bicyclic) bond motifs is 2. The molecule has 0 unspecified atom stereocenters. The van der Waals surface area contributed by atoms with E-state index in [1.54, 1.807) is 4.68 Å². The van der Waals surface area contributed by atoms with Crippen molar-refractivity contribution in [2.75, 3.05) is 26.3 Å². The van der Waals surface area contributed by atoms with Crippen LogP contribution < -0.4 is 0 Å². The van der Waals surface area contributed by atoms with E-state index >= 15 is 0 Å². The monoisotopic (exact) mass is 374 g/mol. The van der Waals surface area contributed by atoms with Gasteiger partial charge in [-0.25, -0.2) is 0 Å². The van der Waals surface area contributed by atoms with E-state index in [-0.39, 0.29) is 30.4 Å². The van der Waals surface area contributed by atoms with Crippen molar-refractivity contribution >= 4 is 11.8 Å². The smallest absolute Gasteiger partial charge is 0.244 e. The molecule has 0 spiro atoms. The summed E-state index contributed by atoms with van der Waals surface area (Å²) in [5.74, 6) is 0.322. The van der Waals surface area contributed by atoms with E-state index in [9.17, 15) is 9.59 Å². The summed E-state index contributed by atoms with van der Waals surface area (Å²) in [6.45, 7) is 8.83. The van der Waals surface area contributed by atoms with Crippen molar-refractivity contribution in [2.45, 2.75) is 65.1 Å². The Hall–Kier alpha value is -1.89. The first kappa shape index (κ1) is 18.5. The number of nitrogens with zero attached hydrogens (tertiary/aromatic N) is 4. The Labute approximate surface area is 160 Å². The second-order valence-corrected chi connectivity index (χ2v) is 8.25. The van der Waals surface area contributed by atoms with E-state index in [0.29, 0.717) is 26.3 Å². The van der Waals surface area contributed by atoms with Crippen LogP contribution >= 0.6 is 0 Å². The Kier molecular flexibility index (Phi) is 4.74. The molecule has 7 heteroatoms. The summed E-state index contributed by atoms with van der Waals surface area (Å²) in [4.78, 5) is 30.6.